The van der Waals surface area contributed by atoms with Gasteiger partial charge in [-0.25, -0.2) is 0 Å². The second-order valence-electron chi connectivity index (χ2n) is 8.31. The molecule has 0 aliphatic heterocycles. The van der Waals surface area contributed by atoms with Crippen LogP contribution in [-0.4, -0.2) is 30.2 Å². The van der Waals surface area contributed by atoms with Gasteiger partial charge in [-0.15, -0.1) is 0 Å². The third-order valence-corrected chi connectivity index (χ3v) is 6.08. The number of hydrogen-bond acceptors (Lipinski definition) is 4. The van der Waals surface area contributed by atoms with Crippen molar-refractivity contribution >= 4 is 28.7 Å². The van der Waals surface area contributed by atoms with E-state index in [0.717, 1.165) is 27.9 Å². The van der Waals surface area contributed by atoms with Crippen molar-refractivity contribution in [2.75, 3.05) is 5.32 Å². The molecule has 0 saturated carbocycles. The number of aliphatic hydroxyl groups is 1. The summed E-state index contributed by atoms with van der Waals surface area (Å²) in [4.78, 5) is 17.4. The zero-order valence-corrected chi connectivity index (χ0v) is 19.4. The molecular formula is C26H22ClN5O2. The number of halogens is 1. The van der Waals surface area contributed by atoms with Gasteiger partial charge in [-0.3, -0.25) is 14.5 Å². The first kappa shape index (κ1) is 21.9. The predicted molar refractivity (Wildman–Crippen MR) is 132 cm³/mol. The van der Waals surface area contributed by atoms with E-state index in [2.05, 4.69) is 21.5 Å². The number of anilines is 1. The van der Waals surface area contributed by atoms with Gasteiger partial charge in [0.25, 0.3) is 5.91 Å². The Labute approximate surface area is 201 Å². The molecule has 34 heavy (non-hydrogen) atoms. The van der Waals surface area contributed by atoms with Crippen molar-refractivity contribution in [2.45, 2.75) is 12.5 Å². The lowest BCUT2D eigenvalue weighted by Gasteiger charge is -2.23. The average molecular weight is 472 g/mol. The van der Waals surface area contributed by atoms with Crippen LogP contribution in [0, 0.1) is 0 Å². The van der Waals surface area contributed by atoms with Gasteiger partial charge in [0.05, 0.1) is 17.4 Å². The first-order valence-electron chi connectivity index (χ1n) is 10.7. The molecule has 5 rings (SSSR count). The summed E-state index contributed by atoms with van der Waals surface area (Å²) in [6.07, 6.45) is 9.52. The molecule has 0 unspecified atom stereocenters. The van der Waals surface area contributed by atoms with Crippen LogP contribution in [0.25, 0.3) is 27.9 Å². The summed E-state index contributed by atoms with van der Waals surface area (Å²) >= 11 is 5.91. The summed E-state index contributed by atoms with van der Waals surface area (Å²) in [6.45, 7) is 1.46. The summed E-state index contributed by atoms with van der Waals surface area (Å²) in [5.74, 6) is -0.532. The van der Waals surface area contributed by atoms with Gasteiger partial charge in [0.2, 0.25) is 0 Å². The molecule has 0 radical (unpaired) electrons. The van der Waals surface area contributed by atoms with Crippen LogP contribution in [0.2, 0.25) is 5.02 Å². The molecule has 0 spiro atoms. The number of carbonyl (C=O) groups is 1. The van der Waals surface area contributed by atoms with Crippen molar-refractivity contribution in [1.29, 1.82) is 0 Å². The molecule has 2 aromatic carbocycles. The fourth-order valence-corrected chi connectivity index (χ4v) is 3.98. The molecule has 0 aliphatic carbocycles. The smallest absolute Gasteiger partial charge is 0.260 e. The van der Waals surface area contributed by atoms with Crippen LogP contribution in [0.5, 0.6) is 0 Å². The van der Waals surface area contributed by atoms with E-state index < -0.39 is 11.5 Å². The van der Waals surface area contributed by atoms with E-state index in [-0.39, 0.29) is 0 Å². The topological polar surface area (TPSA) is 84.5 Å². The molecule has 5 aromatic rings. The first-order chi connectivity index (χ1) is 16.3. The van der Waals surface area contributed by atoms with Gasteiger partial charge in [-0.1, -0.05) is 35.9 Å². The molecule has 1 amide bonds. The number of amides is 1. The Hall–Kier alpha value is -3.94. The SMILES string of the molecule is Cn1cc(-c2cc3c(-c4ccc(NC(=O)[C@@](C)(O)c5ccc(Cl)cc5)cc4)nccn3c2)cn1. The minimum absolute atomic E-state index is 0.458. The number of rotatable bonds is 5. The third-order valence-electron chi connectivity index (χ3n) is 5.82. The Morgan fingerprint density at radius 2 is 1.76 bits per heavy atom. The van der Waals surface area contributed by atoms with Crippen molar-refractivity contribution in [1.82, 2.24) is 19.2 Å². The zero-order chi connectivity index (χ0) is 23.9. The Bertz CT molecular complexity index is 1480. The largest absolute Gasteiger partial charge is 0.376 e. The van der Waals surface area contributed by atoms with Gasteiger partial charge < -0.3 is 14.8 Å². The number of fused-ring (bicyclic) bond motifs is 1. The minimum Gasteiger partial charge on any atom is -0.376 e. The van der Waals surface area contributed by atoms with Crippen LogP contribution in [0.4, 0.5) is 5.69 Å². The Balaban J connectivity index is 1.39. The van der Waals surface area contributed by atoms with Crippen LogP contribution in [0.15, 0.2) is 85.6 Å². The maximum absolute atomic E-state index is 12.8. The standard InChI is InChI=1S/C26H22ClN5O2/c1-26(34,20-5-7-21(27)8-6-20)25(33)30-22-9-3-17(4-10-22)24-23-13-18(16-32(23)12-11-28-24)19-14-29-31(2)15-19/h3-16,34H,1-2H3,(H,30,33)/t26-/m0/s1. The molecular weight excluding hydrogens is 450 g/mol. The minimum atomic E-state index is -1.70. The molecule has 0 saturated heterocycles. The summed E-state index contributed by atoms with van der Waals surface area (Å²) in [7, 11) is 1.89. The molecule has 7 nitrogen and oxygen atoms in total. The zero-order valence-electron chi connectivity index (χ0n) is 18.6. The van der Waals surface area contributed by atoms with Gasteiger partial charge in [0.1, 0.15) is 0 Å². The second-order valence-corrected chi connectivity index (χ2v) is 8.75. The molecule has 3 aromatic heterocycles. The molecule has 0 fully saturated rings. The lowest BCUT2D eigenvalue weighted by atomic mass is 9.95. The number of aromatic nitrogens is 4. The van der Waals surface area contributed by atoms with E-state index in [1.54, 1.807) is 47.3 Å². The van der Waals surface area contributed by atoms with E-state index in [4.69, 9.17) is 11.6 Å². The van der Waals surface area contributed by atoms with Gasteiger partial charge in [0.15, 0.2) is 5.60 Å². The highest BCUT2D eigenvalue weighted by molar-refractivity contribution is 6.30. The Morgan fingerprint density at radius 3 is 2.44 bits per heavy atom. The molecule has 0 aliphatic rings. The van der Waals surface area contributed by atoms with Crippen LogP contribution < -0.4 is 5.32 Å². The number of carbonyl (C=O) groups excluding carboxylic acids is 1. The van der Waals surface area contributed by atoms with Crippen molar-refractivity contribution in [3.63, 3.8) is 0 Å². The Morgan fingerprint density at radius 1 is 1.03 bits per heavy atom. The molecule has 8 heteroatoms. The van der Waals surface area contributed by atoms with Crippen molar-refractivity contribution in [3.8, 4) is 22.4 Å². The fraction of sp³-hybridized carbons (Fsp3) is 0.115. The molecule has 0 bridgehead atoms. The van der Waals surface area contributed by atoms with E-state index in [1.807, 2.05) is 48.4 Å². The molecule has 3 heterocycles. The van der Waals surface area contributed by atoms with Gasteiger partial charge in [0, 0.05) is 59.2 Å². The van der Waals surface area contributed by atoms with Crippen LogP contribution >= 0.6 is 11.6 Å². The highest BCUT2D eigenvalue weighted by Crippen LogP contribution is 2.30. The fourth-order valence-electron chi connectivity index (χ4n) is 3.86. The molecule has 2 N–H and O–H groups in total. The second kappa shape index (κ2) is 8.44. The van der Waals surface area contributed by atoms with E-state index in [1.165, 1.54) is 6.92 Å². The number of nitrogens with one attached hydrogen (secondary N) is 1. The summed E-state index contributed by atoms with van der Waals surface area (Å²) < 4.78 is 3.80. The maximum Gasteiger partial charge on any atom is 0.260 e. The number of aryl methyl sites for hydroxylation is 1. The Kier molecular flexibility index (Phi) is 5.43. The van der Waals surface area contributed by atoms with Gasteiger partial charge in [-0.2, -0.15) is 5.10 Å². The summed E-state index contributed by atoms with van der Waals surface area (Å²) in [5.41, 5.74) is 4.10. The van der Waals surface area contributed by atoms with Crippen molar-refractivity contribution in [3.05, 3.63) is 96.2 Å². The first-order valence-corrected chi connectivity index (χ1v) is 11.0. The lowest BCUT2D eigenvalue weighted by Crippen LogP contribution is -2.37. The maximum atomic E-state index is 12.8. The highest BCUT2D eigenvalue weighted by Gasteiger charge is 2.32. The van der Waals surface area contributed by atoms with Crippen LogP contribution in [0.1, 0.15) is 12.5 Å². The van der Waals surface area contributed by atoms with Gasteiger partial charge in [-0.05, 0) is 42.8 Å². The highest BCUT2D eigenvalue weighted by atomic mass is 35.5. The number of nitrogens with zero attached hydrogens (tertiary/aromatic N) is 4. The summed E-state index contributed by atoms with van der Waals surface area (Å²) in [6, 6.07) is 16.0. The lowest BCUT2D eigenvalue weighted by molar-refractivity contribution is -0.133. The number of benzene rings is 2. The predicted octanol–water partition coefficient (Wildman–Crippen LogP) is 4.90. The van der Waals surface area contributed by atoms with Crippen molar-refractivity contribution in [2.24, 2.45) is 7.05 Å². The third kappa shape index (κ3) is 4.07. The number of hydrogen-bond donors (Lipinski definition) is 2. The molecule has 1 atom stereocenters. The van der Waals surface area contributed by atoms with E-state index in [0.29, 0.717) is 16.3 Å². The van der Waals surface area contributed by atoms with Crippen LogP contribution in [-0.2, 0) is 17.4 Å². The van der Waals surface area contributed by atoms with E-state index in [9.17, 15) is 9.90 Å². The quantitative estimate of drug-likeness (QED) is 0.382. The van der Waals surface area contributed by atoms with Crippen LogP contribution in [0.3, 0.4) is 0 Å². The van der Waals surface area contributed by atoms with Crippen molar-refractivity contribution < 1.29 is 9.90 Å². The molecule has 170 valence electrons. The average Bonchev–Trinajstić information content (AvgIpc) is 3.46. The van der Waals surface area contributed by atoms with Gasteiger partial charge >= 0.3 is 0 Å². The monoisotopic (exact) mass is 471 g/mol. The normalized spacial score (nSPS) is 13.1. The van der Waals surface area contributed by atoms with E-state index >= 15 is 0 Å². The summed E-state index contributed by atoms with van der Waals surface area (Å²) in [5, 5.41) is 18.4.